The van der Waals surface area contributed by atoms with Gasteiger partial charge in [0, 0.05) is 18.8 Å². The van der Waals surface area contributed by atoms with E-state index in [4.69, 9.17) is 9.26 Å². The summed E-state index contributed by atoms with van der Waals surface area (Å²) in [5, 5.41) is 13.8. The Balaban J connectivity index is 1.88. The number of hydrogen-bond donors (Lipinski definition) is 1. The maximum Gasteiger partial charge on any atom is 0.261 e. The number of ether oxygens (including phenoxy) is 1. The van der Waals surface area contributed by atoms with E-state index >= 15 is 0 Å². The van der Waals surface area contributed by atoms with Crippen LogP contribution in [0.1, 0.15) is 11.4 Å². The van der Waals surface area contributed by atoms with Gasteiger partial charge in [0.15, 0.2) is 5.82 Å². The molecule has 0 aliphatic heterocycles. The number of pyridine rings is 1. The number of phenolic OH excluding ortho intramolecular Hbond substituents is 1. The molecule has 0 atom stereocenters. The van der Waals surface area contributed by atoms with Crippen LogP contribution in [0.3, 0.4) is 0 Å². The van der Waals surface area contributed by atoms with Crippen molar-refractivity contribution in [2.75, 3.05) is 7.11 Å². The number of aromatic hydroxyl groups is 1. The Morgan fingerprint density at radius 1 is 1.19 bits per heavy atom. The first-order valence-corrected chi connectivity index (χ1v) is 6.35. The maximum absolute atomic E-state index is 9.89. The van der Waals surface area contributed by atoms with Gasteiger partial charge >= 0.3 is 0 Å². The minimum atomic E-state index is 0.0647. The molecule has 0 saturated carbocycles. The van der Waals surface area contributed by atoms with E-state index in [-0.39, 0.29) is 11.6 Å². The van der Waals surface area contributed by atoms with Crippen LogP contribution in [0.15, 0.2) is 47.2 Å². The Labute approximate surface area is 121 Å². The molecule has 6 nitrogen and oxygen atoms in total. The highest BCUT2D eigenvalue weighted by Crippen LogP contribution is 2.31. The zero-order chi connectivity index (χ0) is 14.7. The first-order valence-electron chi connectivity index (χ1n) is 6.35. The second-order valence-electron chi connectivity index (χ2n) is 4.43. The molecule has 2 heterocycles. The fourth-order valence-corrected chi connectivity index (χ4v) is 1.93. The minimum absolute atomic E-state index is 0.0647. The molecule has 1 aromatic carbocycles. The van der Waals surface area contributed by atoms with Gasteiger partial charge in [0.25, 0.3) is 5.89 Å². The molecule has 0 saturated heterocycles. The SMILES string of the molecule is COc1ccc(O)c(-c2nc(Cc3ccncc3)no2)c1. The van der Waals surface area contributed by atoms with Gasteiger partial charge in [0.2, 0.25) is 0 Å². The van der Waals surface area contributed by atoms with Gasteiger partial charge in [-0.1, -0.05) is 5.16 Å². The molecule has 1 N–H and O–H groups in total. The lowest BCUT2D eigenvalue weighted by molar-refractivity contribution is 0.407. The van der Waals surface area contributed by atoms with E-state index in [9.17, 15) is 5.11 Å². The fraction of sp³-hybridized carbons (Fsp3) is 0.133. The zero-order valence-electron chi connectivity index (χ0n) is 11.4. The molecule has 0 bridgehead atoms. The van der Waals surface area contributed by atoms with Gasteiger partial charge in [0.05, 0.1) is 12.7 Å². The lowest BCUT2D eigenvalue weighted by Crippen LogP contribution is -1.91. The summed E-state index contributed by atoms with van der Waals surface area (Å²) >= 11 is 0. The average Bonchev–Trinajstić information content (AvgIpc) is 2.97. The van der Waals surface area contributed by atoms with Crippen molar-refractivity contribution in [3.05, 3.63) is 54.1 Å². The Kier molecular flexibility index (Phi) is 3.51. The number of phenols is 1. The van der Waals surface area contributed by atoms with Gasteiger partial charge in [-0.05, 0) is 35.9 Å². The van der Waals surface area contributed by atoms with Gasteiger partial charge < -0.3 is 14.4 Å². The average molecular weight is 283 g/mol. The summed E-state index contributed by atoms with van der Waals surface area (Å²) in [6.45, 7) is 0. The number of nitrogens with zero attached hydrogens (tertiary/aromatic N) is 3. The predicted molar refractivity (Wildman–Crippen MR) is 75.0 cm³/mol. The molecule has 0 aliphatic carbocycles. The molecule has 3 rings (SSSR count). The van der Waals surface area contributed by atoms with Crippen molar-refractivity contribution in [1.29, 1.82) is 0 Å². The van der Waals surface area contributed by atoms with Gasteiger partial charge in [-0.2, -0.15) is 4.98 Å². The van der Waals surface area contributed by atoms with Crippen LogP contribution in [-0.2, 0) is 6.42 Å². The van der Waals surface area contributed by atoms with Gasteiger partial charge in [0.1, 0.15) is 11.5 Å². The monoisotopic (exact) mass is 283 g/mol. The van der Waals surface area contributed by atoms with Crippen LogP contribution in [0.2, 0.25) is 0 Å². The fourth-order valence-electron chi connectivity index (χ4n) is 1.93. The molecule has 0 unspecified atom stereocenters. The Bertz CT molecular complexity index is 741. The highest BCUT2D eigenvalue weighted by molar-refractivity contribution is 5.64. The molecular weight excluding hydrogens is 270 g/mol. The largest absolute Gasteiger partial charge is 0.507 e. The van der Waals surface area contributed by atoms with Crippen LogP contribution in [0.4, 0.5) is 0 Å². The summed E-state index contributed by atoms with van der Waals surface area (Å²) in [5.74, 6) is 1.47. The number of hydrogen-bond acceptors (Lipinski definition) is 6. The van der Waals surface area contributed by atoms with Gasteiger partial charge in [-0.15, -0.1) is 0 Å². The smallest absolute Gasteiger partial charge is 0.261 e. The third-order valence-corrected chi connectivity index (χ3v) is 3.01. The molecule has 0 radical (unpaired) electrons. The van der Waals surface area contributed by atoms with E-state index in [1.807, 2.05) is 12.1 Å². The predicted octanol–water partition coefficient (Wildman–Crippen LogP) is 2.44. The minimum Gasteiger partial charge on any atom is -0.507 e. The van der Waals surface area contributed by atoms with E-state index in [2.05, 4.69) is 15.1 Å². The van der Waals surface area contributed by atoms with Crippen molar-refractivity contribution in [3.63, 3.8) is 0 Å². The lowest BCUT2D eigenvalue weighted by Gasteiger charge is -2.02. The Morgan fingerprint density at radius 3 is 2.76 bits per heavy atom. The van der Waals surface area contributed by atoms with Crippen LogP contribution in [0.5, 0.6) is 11.5 Å². The number of rotatable bonds is 4. The van der Waals surface area contributed by atoms with Crippen molar-refractivity contribution in [2.45, 2.75) is 6.42 Å². The quantitative estimate of drug-likeness (QED) is 0.792. The molecule has 2 aromatic heterocycles. The molecule has 6 heteroatoms. The first-order chi connectivity index (χ1) is 10.3. The van der Waals surface area contributed by atoms with Gasteiger partial charge in [-0.3, -0.25) is 4.98 Å². The molecule has 0 amide bonds. The third kappa shape index (κ3) is 2.84. The first kappa shape index (κ1) is 13.1. The summed E-state index contributed by atoms with van der Waals surface area (Å²) in [6.07, 6.45) is 3.96. The van der Waals surface area contributed by atoms with Crippen LogP contribution >= 0.6 is 0 Å². The molecule has 3 aromatic rings. The second kappa shape index (κ2) is 5.62. The summed E-state index contributed by atoms with van der Waals surface area (Å²) < 4.78 is 10.3. The summed E-state index contributed by atoms with van der Waals surface area (Å²) in [5.41, 5.74) is 1.48. The van der Waals surface area contributed by atoms with Crippen molar-refractivity contribution >= 4 is 0 Å². The van der Waals surface area contributed by atoms with Crippen LogP contribution in [-0.4, -0.2) is 27.3 Å². The molecular formula is C15H13N3O3. The van der Waals surface area contributed by atoms with Crippen LogP contribution in [0.25, 0.3) is 11.5 Å². The van der Waals surface area contributed by atoms with E-state index in [1.54, 1.807) is 31.6 Å². The maximum atomic E-state index is 9.89. The number of methoxy groups -OCH3 is 1. The Morgan fingerprint density at radius 2 is 2.00 bits per heavy atom. The summed E-state index contributed by atoms with van der Waals surface area (Å²) in [6, 6.07) is 8.62. The van der Waals surface area contributed by atoms with Crippen molar-refractivity contribution in [3.8, 4) is 23.0 Å². The number of aromatic nitrogens is 3. The Hall–Kier alpha value is -2.89. The summed E-state index contributed by atoms with van der Waals surface area (Å²) in [7, 11) is 1.55. The molecule has 21 heavy (non-hydrogen) atoms. The normalized spacial score (nSPS) is 10.5. The van der Waals surface area contributed by atoms with Crippen molar-refractivity contribution in [1.82, 2.24) is 15.1 Å². The topological polar surface area (TPSA) is 81.3 Å². The molecule has 106 valence electrons. The highest BCUT2D eigenvalue weighted by atomic mass is 16.5. The van der Waals surface area contributed by atoms with Crippen LogP contribution < -0.4 is 4.74 Å². The van der Waals surface area contributed by atoms with E-state index in [1.165, 1.54) is 6.07 Å². The highest BCUT2D eigenvalue weighted by Gasteiger charge is 2.14. The standard InChI is InChI=1S/C15H13N3O3/c1-20-11-2-3-13(19)12(9-11)15-17-14(18-21-15)8-10-4-6-16-7-5-10/h2-7,9,19H,8H2,1H3. The molecule has 0 spiro atoms. The van der Waals surface area contributed by atoms with E-state index in [0.717, 1.165) is 5.56 Å². The zero-order valence-corrected chi connectivity index (χ0v) is 11.4. The second-order valence-corrected chi connectivity index (χ2v) is 4.43. The van der Waals surface area contributed by atoms with Crippen molar-refractivity contribution < 1.29 is 14.4 Å². The van der Waals surface area contributed by atoms with Crippen molar-refractivity contribution in [2.24, 2.45) is 0 Å². The van der Waals surface area contributed by atoms with E-state index < -0.39 is 0 Å². The summed E-state index contributed by atoms with van der Waals surface area (Å²) in [4.78, 5) is 8.26. The van der Waals surface area contributed by atoms with E-state index in [0.29, 0.717) is 23.6 Å². The lowest BCUT2D eigenvalue weighted by atomic mass is 10.2. The van der Waals surface area contributed by atoms with Crippen LogP contribution in [0, 0.1) is 0 Å². The third-order valence-electron chi connectivity index (χ3n) is 3.01. The van der Waals surface area contributed by atoms with Gasteiger partial charge in [-0.25, -0.2) is 0 Å². The number of benzene rings is 1. The molecule has 0 fully saturated rings. The molecule has 0 aliphatic rings.